The monoisotopic (exact) mass is 253 g/mol. The first-order valence-electron chi connectivity index (χ1n) is 4.55. The van der Waals surface area contributed by atoms with Crippen LogP contribution in [-0.4, -0.2) is 31.7 Å². The predicted molar refractivity (Wildman–Crippen MR) is 61.1 cm³/mol. The van der Waals surface area contributed by atoms with Gasteiger partial charge in [-0.1, -0.05) is 17.8 Å². The Morgan fingerprint density at radius 3 is 3.00 bits per heavy atom. The fourth-order valence-electron chi connectivity index (χ4n) is 1.34. The molecule has 1 aromatic carbocycles. The van der Waals surface area contributed by atoms with Crippen molar-refractivity contribution in [2.24, 2.45) is 0 Å². The fourth-order valence-corrected chi connectivity index (χ4v) is 1.94. The highest BCUT2D eigenvalue weighted by Gasteiger charge is 2.15. The number of aromatic amines is 1. The van der Waals surface area contributed by atoms with E-state index in [0.717, 1.165) is 11.8 Å². The average Bonchev–Trinajstić information content (AvgIpc) is 2.68. The highest BCUT2D eigenvalue weighted by Crippen LogP contribution is 2.26. The first-order chi connectivity index (χ1) is 8.08. The number of nitrogens with one attached hydrogen (secondary N) is 1. The summed E-state index contributed by atoms with van der Waals surface area (Å²) >= 11 is 0.986. The quantitative estimate of drug-likeness (QED) is 0.487. The molecule has 7 nitrogen and oxygen atoms in total. The number of carboxylic acid groups (broad SMARTS) is 1. The third kappa shape index (κ3) is 2.36. The third-order valence-corrected chi connectivity index (χ3v) is 2.86. The number of para-hydroxylation sites is 1. The number of fused-ring (bicyclic) bond motifs is 1. The summed E-state index contributed by atoms with van der Waals surface area (Å²) in [7, 11) is 0. The third-order valence-electron chi connectivity index (χ3n) is 2.00. The van der Waals surface area contributed by atoms with Gasteiger partial charge in [0.05, 0.1) is 16.2 Å². The van der Waals surface area contributed by atoms with Crippen LogP contribution in [0.1, 0.15) is 0 Å². The Hall–Kier alpha value is -2.09. The van der Waals surface area contributed by atoms with E-state index < -0.39 is 10.9 Å². The van der Waals surface area contributed by atoms with Crippen LogP contribution in [0.2, 0.25) is 0 Å². The number of imidazole rings is 1. The van der Waals surface area contributed by atoms with Crippen LogP contribution in [-0.2, 0) is 4.79 Å². The molecule has 0 fully saturated rings. The minimum atomic E-state index is -0.968. The lowest BCUT2D eigenvalue weighted by atomic mass is 10.3. The molecule has 0 saturated heterocycles. The number of thioether (sulfide) groups is 1. The molecule has 1 aromatic heterocycles. The molecule has 0 aliphatic rings. The van der Waals surface area contributed by atoms with Gasteiger partial charge in [0.2, 0.25) is 0 Å². The smallest absolute Gasteiger partial charge is 0.313 e. The van der Waals surface area contributed by atoms with E-state index in [9.17, 15) is 14.9 Å². The van der Waals surface area contributed by atoms with Crippen molar-refractivity contribution in [3.05, 3.63) is 28.3 Å². The zero-order valence-corrected chi connectivity index (χ0v) is 9.23. The van der Waals surface area contributed by atoms with Gasteiger partial charge in [-0.2, -0.15) is 0 Å². The summed E-state index contributed by atoms with van der Waals surface area (Å²) in [6.45, 7) is 0. The van der Waals surface area contributed by atoms with Crippen LogP contribution in [0.15, 0.2) is 23.4 Å². The topological polar surface area (TPSA) is 109 Å². The average molecular weight is 253 g/mol. The number of hydrogen-bond acceptors (Lipinski definition) is 5. The van der Waals surface area contributed by atoms with E-state index in [1.165, 1.54) is 6.07 Å². The van der Waals surface area contributed by atoms with Gasteiger partial charge < -0.3 is 10.1 Å². The second-order valence-electron chi connectivity index (χ2n) is 3.15. The van der Waals surface area contributed by atoms with Gasteiger partial charge in [-0.25, -0.2) is 4.98 Å². The molecule has 0 spiro atoms. The van der Waals surface area contributed by atoms with Crippen molar-refractivity contribution in [1.29, 1.82) is 0 Å². The van der Waals surface area contributed by atoms with E-state index >= 15 is 0 Å². The number of hydrogen-bond donors (Lipinski definition) is 2. The summed E-state index contributed by atoms with van der Waals surface area (Å²) < 4.78 is 0. The lowest BCUT2D eigenvalue weighted by Gasteiger charge is -1.90. The van der Waals surface area contributed by atoms with Gasteiger partial charge in [0.25, 0.3) is 5.69 Å². The van der Waals surface area contributed by atoms with Crippen molar-refractivity contribution in [3.63, 3.8) is 0 Å². The Morgan fingerprint density at radius 1 is 1.59 bits per heavy atom. The molecule has 8 heteroatoms. The molecule has 0 amide bonds. The summed E-state index contributed by atoms with van der Waals surface area (Å²) in [6.07, 6.45) is 0. The Labute approximate surface area is 99.0 Å². The number of H-pyrrole nitrogens is 1. The lowest BCUT2D eigenvalue weighted by Crippen LogP contribution is -1.97. The molecule has 0 aliphatic heterocycles. The Kier molecular flexibility index (Phi) is 2.96. The Morgan fingerprint density at radius 2 is 2.35 bits per heavy atom. The van der Waals surface area contributed by atoms with E-state index in [1.807, 2.05) is 0 Å². The zero-order chi connectivity index (χ0) is 12.4. The van der Waals surface area contributed by atoms with Crippen molar-refractivity contribution in [2.75, 3.05) is 5.75 Å². The molecule has 2 N–H and O–H groups in total. The molecule has 2 aromatic rings. The van der Waals surface area contributed by atoms with Gasteiger partial charge in [0.1, 0.15) is 0 Å². The zero-order valence-electron chi connectivity index (χ0n) is 8.41. The maximum atomic E-state index is 10.7. The number of carboxylic acids is 1. The predicted octanol–water partition coefficient (Wildman–Crippen LogP) is 1.65. The summed E-state index contributed by atoms with van der Waals surface area (Å²) in [5.41, 5.74) is 0.665. The molecule has 0 bridgehead atoms. The van der Waals surface area contributed by atoms with Crippen LogP contribution >= 0.6 is 11.8 Å². The maximum Gasteiger partial charge on any atom is 0.313 e. The van der Waals surface area contributed by atoms with Crippen molar-refractivity contribution in [2.45, 2.75) is 5.16 Å². The van der Waals surface area contributed by atoms with E-state index in [4.69, 9.17) is 5.11 Å². The van der Waals surface area contributed by atoms with Crippen LogP contribution in [0.4, 0.5) is 5.69 Å². The largest absolute Gasteiger partial charge is 0.481 e. The number of aliphatic carboxylic acids is 1. The number of aromatic nitrogens is 2. The van der Waals surface area contributed by atoms with E-state index in [1.54, 1.807) is 12.1 Å². The minimum Gasteiger partial charge on any atom is -0.481 e. The van der Waals surface area contributed by atoms with Crippen LogP contribution < -0.4 is 0 Å². The fraction of sp³-hybridized carbons (Fsp3) is 0.111. The lowest BCUT2D eigenvalue weighted by molar-refractivity contribution is -0.383. The number of nitro benzene ring substituents is 1. The van der Waals surface area contributed by atoms with Crippen LogP contribution in [0.3, 0.4) is 0 Å². The highest BCUT2D eigenvalue weighted by molar-refractivity contribution is 7.99. The van der Waals surface area contributed by atoms with E-state index in [2.05, 4.69) is 9.97 Å². The van der Waals surface area contributed by atoms with Crippen molar-refractivity contribution >= 4 is 34.5 Å². The molecule has 0 unspecified atom stereocenters. The molecule has 0 aliphatic carbocycles. The van der Waals surface area contributed by atoms with Gasteiger partial charge in [-0.3, -0.25) is 14.9 Å². The summed E-state index contributed by atoms with van der Waals surface area (Å²) in [4.78, 5) is 27.5. The molecule has 17 heavy (non-hydrogen) atoms. The van der Waals surface area contributed by atoms with Crippen LogP contribution in [0, 0.1) is 10.1 Å². The van der Waals surface area contributed by atoms with Gasteiger partial charge in [-0.15, -0.1) is 0 Å². The molecule has 0 atom stereocenters. The molecule has 88 valence electrons. The molecule has 0 radical (unpaired) electrons. The van der Waals surface area contributed by atoms with Crippen molar-refractivity contribution in [1.82, 2.24) is 9.97 Å². The Bertz CT molecular complexity index is 595. The number of nitro groups is 1. The summed E-state index contributed by atoms with van der Waals surface area (Å²) in [5.74, 6) is -1.11. The number of benzene rings is 1. The highest BCUT2D eigenvalue weighted by atomic mass is 32.2. The molecular formula is C9H7N3O4S. The van der Waals surface area contributed by atoms with E-state index in [0.29, 0.717) is 10.7 Å². The minimum absolute atomic E-state index is 0.0964. The van der Waals surface area contributed by atoms with E-state index in [-0.39, 0.29) is 17.0 Å². The molecule has 2 rings (SSSR count). The summed E-state index contributed by atoms with van der Waals surface area (Å²) in [5, 5.41) is 19.6. The molecular weight excluding hydrogens is 246 g/mol. The summed E-state index contributed by atoms with van der Waals surface area (Å²) in [6, 6.07) is 4.55. The van der Waals surface area contributed by atoms with Crippen molar-refractivity contribution in [3.8, 4) is 0 Å². The standard InChI is InChI=1S/C9H7N3O4S/c13-7(14)4-17-9-10-5-2-1-3-6(12(15)16)8(5)11-9/h1-3H,4H2,(H,10,11)(H,13,14). The number of carbonyl (C=O) groups is 1. The molecule has 0 saturated carbocycles. The second kappa shape index (κ2) is 4.42. The normalized spacial score (nSPS) is 10.6. The first kappa shape index (κ1) is 11.4. The van der Waals surface area contributed by atoms with Crippen LogP contribution in [0.5, 0.6) is 0 Å². The van der Waals surface area contributed by atoms with Crippen molar-refractivity contribution < 1.29 is 14.8 Å². The number of nitrogens with zero attached hydrogens (tertiary/aromatic N) is 2. The van der Waals surface area contributed by atoms with Gasteiger partial charge in [0.15, 0.2) is 10.7 Å². The SMILES string of the molecule is O=C(O)CSc1nc2c([N+](=O)[O-])cccc2[nH]1. The number of rotatable bonds is 4. The van der Waals surface area contributed by atoms with Gasteiger partial charge >= 0.3 is 5.97 Å². The second-order valence-corrected chi connectivity index (χ2v) is 4.12. The van der Waals surface area contributed by atoms with Gasteiger partial charge in [0, 0.05) is 6.07 Å². The van der Waals surface area contributed by atoms with Crippen LogP contribution in [0.25, 0.3) is 11.0 Å². The maximum absolute atomic E-state index is 10.7. The number of non-ortho nitro benzene ring substituents is 1. The molecule has 1 heterocycles. The Balaban J connectivity index is 2.39. The first-order valence-corrected chi connectivity index (χ1v) is 5.54. The van der Waals surface area contributed by atoms with Gasteiger partial charge in [-0.05, 0) is 6.07 Å².